The van der Waals surface area contributed by atoms with Crippen molar-refractivity contribution < 1.29 is 5.11 Å². The maximum Gasteiger partial charge on any atom is 0.0684 e. The third-order valence-corrected chi connectivity index (χ3v) is 2.34. The summed E-state index contributed by atoms with van der Waals surface area (Å²) in [5.41, 5.74) is 2.39. The molecule has 1 aromatic carbocycles. The van der Waals surface area contributed by atoms with Crippen molar-refractivity contribution in [3.63, 3.8) is 0 Å². The third-order valence-electron chi connectivity index (χ3n) is 2.34. The van der Waals surface area contributed by atoms with Crippen LogP contribution in [-0.4, -0.2) is 5.11 Å². The van der Waals surface area contributed by atoms with Gasteiger partial charge in [-0.2, -0.15) is 0 Å². The molecule has 0 fully saturated rings. The molecule has 0 aliphatic heterocycles. The van der Waals surface area contributed by atoms with Crippen molar-refractivity contribution in [3.05, 3.63) is 35.4 Å². The van der Waals surface area contributed by atoms with Gasteiger partial charge in [0.05, 0.1) is 6.61 Å². The molecule has 1 N–H and O–H groups in total. The normalized spacial score (nSPS) is 10.3. The Kier molecular flexibility index (Phi) is 4.55. The molecule has 0 saturated heterocycles. The summed E-state index contributed by atoms with van der Waals surface area (Å²) >= 11 is 0. The second-order valence-electron chi connectivity index (χ2n) is 3.38. The van der Waals surface area contributed by atoms with E-state index >= 15 is 0 Å². The van der Waals surface area contributed by atoms with E-state index < -0.39 is 0 Å². The highest BCUT2D eigenvalue weighted by molar-refractivity contribution is 5.26. The van der Waals surface area contributed by atoms with Crippen LogP contribution in [0.3, 0.4) is 0 Å². The van der Waals surface area contributed by atoms with Gasteiger partial charge in [-0.3, -0.25) is 0 Å². The van der Waals surface area contributed by atoms with E-state index in [0.29, 0.717) is 0 Å². The van der Waals surface area contributed by atoms with Gasteiger partial charge in [-0.15, -0.1) is 0 Å². The number of unbranched alkanes of at least 4 members (excludes halogenated alkanes) is 2. The van der Waals surface area contributed by atoms with Gasteiger partial charge in [-0.05, 0) is 24.0 Å². The van der Waals surface area contributed by atoms with Crippen molar-refractivity contribution >= 4 is 0 Å². The number of aliphatic hydroxyl groups is 1. The second-order valence-corrected chi connectivity index (χ2v) is 3.38. The maximum absolute atomic E-state index is 9.07. The van der Waals surface area contributed by atoms with Gasteiger partial charge in [0.15, 0.2) is 0 Å². The van der Waals surface area contributed by atoms with Gasteiger partial charge in [0.25, 0.3) is 0 Å². The van der Waals surface area contributed by atoms with Gasteiger partial charge in [0, 0.05) is 0 Å². The summed E-state index contributed by atoms with van der Waals surface area (Å²) in [6, 6.07) is 8.14. The molecule has 0 aliphatic rings. The summed E-state index contributed by atoms with van der Waals surface area (Å²) in [6.07, 6.45) is 4.86. The largest absolute Gasteiger partial charge is 0.392 e. The topological polar surface area (TPSA) is 20.2 Å². The SMILES string of the molecule is CCCCCc1ccccc1CO. The molecule has 0 bridgehead atoms. The molecule has 0 spiro atoms. The lowest BCUT2D eigenvalue weighted by Gasteiger charge is -2.05. The first-order chi connectivity index (χ1) is 6.38. The van der Waals surface area contributed by atoms with E-state index in [-0.39, 0.29) is 6.61 Å². The van der Waals surface area contributed by atoms with Crippen LogP contribution in [0.1, 0.15) is 37.3 Å². The molecule has 0 unspecified atom stereocenters. The van der Waals surface area contributed by atoms with E-state index in [0.717, 1.165) is 12.0 Å². The van der Waals surface area contributed by atoms with Crippen LogP contribution in [0.2, 0.25) is 0 Å². The molecule has 72 valence electrons. The molecule has 1 heteroatoms. The van der Waals surface area contributed by atoms with Crippen LogP contribution in [-0.2, 0) is 13.0 Å². The molecule has 0 saturated carbocycles. The Morgan fingerprint density at radius 2 is 1.77 bits per heavy atom. The van der Waals surface area contributed by atoms with E-state index in [1.165, 1.54) is 24.8 Å². The molecule has 1 rings (SSSR count). The highest BCUT2D eigenvalue weighted by Crippen LogP contribution is 2.12. The summed E-state index contributed by atoms with van der Waals surface area (Å²) in [5.74, 6) is 0. The maximum atomic E-state index is 9.07. The lowest BCUT2D eigenvalue weighted by atomic mass is 10.0. The summed E-state index contributed by atoms with van der Waals surface area (Å²) < 4.78 is 0. The van der Waals surface area contributed by atoms with Gasteiger partial charge in [-0.1, -0.05) is 44.0 Å². The Balaban J connectivity index is 2.54. The lowest BCUT2D eigenvalue weighted by Crippen LogP contribution is -1.93. The molecule has 0 amide bonds. The van der Waals surface area contributed by atoms with Gasteiger partial charge < -0.3 is 5.11 Å². The van der Waals surface area contributed by atoms with Crippen LogP contribution >= 0.6 is 0 Å². The molecular weight excluding hydrogens is 160 g/mol. The predicted molar refractivity (Wildman–Crippen MR) is 55.6 cm³/mol. The summed E-state index contributed by atoms with van der Waals surface area (Å²) in [4.78, 5) is 0. The van der Waals surface area contributed by atoms with Crippen molar-refractivity contribution in [2.75, 3.05) is 0 Å². The van der Waals surface area contributed by atoms with Crippen LogP contribution in [0.5, 0.6) is 0 Å². The molecule has 0 aliphatic carbocycles. The minimum absolute atomic E-state index is 0.169. The fourth-order valence-corrected chi connectivity index (χ4v) is 1.52. The van der Waals surface area contributed by atoms with E-state index in [2.05, 4.69) is 13.0 Å². The molecule has 0 atom stereocenters. The number of hydrogen-bond acceptors (Lipinski definition) is 1. The number of rotatable bonds is 5. The number of aryl methyl sites for hydroxylation is 1. The Labute approximate surface area is 80.4 Å². The second kappa shape index (κ2) is 5.76. The van der Waals surface area contributed by atoms with E-state index in [1.54, 1.807) is 0 Å². The van der Waals surface area contributed by atoms with Crippen LogP contribution < -0.4 is 0 Å². The molecular formula is C12H18O. The average molecular weight is 178 g/mol. The van der Waals surface area contributed by atoms with Crippen molar-refractivity contribution in [2.45, 2.75) is 39.2 Å². The zero-order valence-corrected chi connectivity index (χ0v) is 8.29. The zero-order valence-electron chi connectivity index (χ0n) is 8.29. The molecule has 0 heterocycles. The third kappa shape index (κ3) is 3.19. The van der Waals surface area contributed by atoms with Gasteiger partial charge in [0.2, 0.25) is 0 Å². The van der Waals surface area contributed by atoms with Crippen molar-refractivity contribution in [2.24, 2.45) is 0 Å². The van der Waals surface area contributed by atoms with Crippen molar-refractivity contribution in [1.82, 2.24) is 0 Å². The summed E-state index contributed by atoms with van der Waals surface area (Å²) in [5, 5.41) is 9.07. The molecule has 1 nitrogen and oxygen atoms in total. The summed E-state index contributed by atoms with van der Waals surface area (Å²) in [7, 11) is 0. The van der Waals surface area contributed by atoms with Crippen LogP contribution in [0.15, 0.2) is 24.3 Å². The van der Waals surface area contributed by atoms with Gasteiger partial charge in [-0.25, -0.2) is 0 Å². The van der Waals surface area contributed by atoms with Crippen molar-refractivity contribution in [1.29, 1.82) is 0 Å². The highest BCUT2D eigenvalue weighted by Gasteiger charge is 1.98. The monoisotopic (exact) mass is 178 g/mol. The molecule has 1 aromatic rings. The van der Waals surface area contributed by atoms with Gasteiger partial charge in [0.1, 0.15) is 0 Å². The highest BCUT2D eigenvalue weighted by atomic mass is 16.3. The quantitative estimate of drug-likeness (QED) is 0.687. The molecule has 0 radical (unpaired) electrons. The standard InChI is InChI=1S/C12H18O/c1-2-3-4-7-11-8-5-6-9-12(11)10-13/h5-6,8-9,13H,2-4,7,10H2,1H3. The van der Waals surface area contributed by atoms with E-state index in [9.17, 15) is 0 Å². The number of benzene rings is 1. The Bertz CT molecular complexity index is 243. The Morgan fingerprint density at radius 3 is 2.38 bits per heavy atom. The van der Waals surface area contributed by atoms with E-state index in [4.69, 9.17) is 5.11 Å². The van der Waals surface area contributed by atoms with E-state index in [1.807, 2.05) is 18.2 Å². The smallest absolute Gasteiger partial charge is 0.0684 e. The first-order valence-electron chi connectivity index (χ1n) is 5.06. The average Bonchev–Trinajstić information content (AvgIpc) is 2.19. The zero-order chi connectivity index (χ0) is 9.52. The fourth-order valence-electron chi connectivity index (χ4n) is 1.52. The van der Waals surface area contributed by atoms with Crippen LogP contribution in [0.25, 0.3) is 0 Å². The molecule has 0 aromatic heterocycles. The minimum atomic E-state index is 0.169. The van der Waals surface area contributed by atoms with Gasteiger partial charge >= 0.3 is 0 Å². The summed E-state index contributed by atoms with van der Waals surface area (Å²) in [6.45, 7) is 2.38. The van der Waals surface area contributed by atoms with Crippen LogP contribution in [0, 0.1) is 0 Å². The lowest BCUT2D eigenvalue weighted by molar-refractivity contribution is 0.280. The van der Waals surface area contributed by atoms with Crippen molar-refractivity contribution in [3.8, 4) is 0 Å². The van der Waals surface area contributed by atoms with Crippen LogP contribution in [0.4, 0.5) is 0 Å². The number of hydrogen-bond donors (Lipinski definition) is 1. The Hall–Kier alpha value is -0.820. The minimum Gasteiger partial charge on any atom is -0.392 e. The first-order valence-corrected chi connectivity index (χ1v) is 5.06. The predicted octanol–water partition coefficient (Wildman–Crippen LogP) is 2.91. The number of aliphatic hydroxyl groups excluding tert-OH is 1. The first kappa shape index (κ1) is 10.3. The fraction of sp³-hybridized carbons (Fsp3) is 0.500. The molecule has 13 heavy (non-hydrogen) atoms. The Morgan fingerprint density at radius 1 is 1.08 bits per heavy atom.